The minimum atomic E-state index is -0.449. The van der Waals surface area contributed by atoms with Gasteiger partial charge in [0, 0.05) is 0 Å². The van der Waals surface area contributed by atoms with Gasteiger partial charge in [-0.3, -0.25) is 0 Å². The summed E-state index contributed by atoms with van der Waals surface area (Å²) in [5.74, 6) is 0.754. The molecule has 1 unspecified atom stereocenters. The molecule has 0 aliphatic heterocycles. The Labute approximate surface area is 134 Å². The Morgan fingerprint density at radius 1 is 1.17 bits per heavy atom. The Balaban J connectivity index is 1.69. The highest BCUT2D eigenvalue weighted by Gasteiger charge is 2.33. The number of carbonyl (C=O) groups excluding carboxylic acids is 1. The maximum atomic E-state index is 13.6. The number of carbonyl (C=O) groups is 1. The molecule has 2 N–H and O–H groups in total. The fraction of sp³-hybridized carbons (Fsp3) is 0.278. The number of rotatable bonds is 5. The van der Waals surface area contributed by atoms with Gasteiger partial charge in [0.15, 0.2) is 0 Å². The van der Waals surface area contributed by atoms with Crippen molar-refractivity contribution in [3.05, 3.63) is 59.9 Å². The first kappa shape index (κ1) is 15.3. The van der Waals surface area contributed by atoms with Crippen molar-refractivity contribution in [2.45, 2.75) is 18.9 Å². The average Bonchev–Trinajstić information content (AvgIpc) is 3.40. The van der Waals surface area contributed by atoms with E-state index in [0.717, 1.165) is 24.2 Å². The van der Waals surface area contributed by atoms with Crippen LogP contribution in [0.3, 0.4) is 0 Å². The summed E-state index contributed by atoms with van der Waals surface area (Å²) in [6, 6.07) is 13.3. The molecule has 2 aromatic carbocycles. The quantitative estimate of drug-likeness (QED) is 0.872. The molecule has 2 amide bonds. The van der Waals surface area contributed by atoms with Crippen LogP contribution in [0.1, 0.15) is 24.4 Å². The number of benzene rings is 2. The zero-order chi connectivity index (χ0) is 16.2. The molecule has 120 valence electrons. The molecule has 0 aromatic heterocycles. The lowest BCUT2D eigenvalue weighted by Gasteiger charge is -2.19. The van der Waals surface area contributed by atoms with E-state index in [1.165, 1.54) is 12.1 Å². The number of anilines is 1. The third-order valence-corrected chi connectivity index (χ3v) is 3.98. The maximum absolute atomic E-state index is 13.6. The molecule has 4 nitrogen and oxygen atoms in total. The second-order valence-corrected chi connectivity index (χ2v) is 5.67. The van der Waals surface area contributed by atoms with Crippen molar-refractivity contribution in [3.8, 4) is 5.75 Å². The van der Waals surface area contributed by atoms with Gasteiger partial charge in [-0.2, -0.15) is 0 Å². The second-order valence-electron chi connectivity index (χ2n) is 5.67. The number of amides is 2. The lowest BCUT2D eigenvalue weighted by atomic mass is 10.0. The molecule has 0 heterocycles. The van der Waals surface area contributed by atoms with E-state index in [9.17, 15) is 9.18 Å². The summed E-state index contributed by atoms with van der Waals surface area (Å²) >= 11 is 0. The highest BCUT2D eigenvalue weighted by Crippen LogP contribution is 2.41. The van der Waals surface area contributed by atoms with Gasteiger partial charge in [-0.05, 0) is 48.6 Å². The predicted octanol–water partition coefficient (Wildman–Crippen LogP) is 4.11. The molecular weight excluding hydrogens is 295 g/mol. The van der Waals surface area contributed by atoms with Crippen LogP contribution in [0.5, 0.6) is 5.75 Å². The number of para-hydroxylation sites is 1. The van der Waals surface area contributed by atoms with Gasteiger partial charge in [0.1, 0.15) is 11.6 Å². The highest BCUT2D eigenvalue weighted by atomic mass is 19.1. The average molecular weight is 314 g/mol. The van der Waals surface area contributed by atoms with E-state index < -0.39 is 11.8 Å². The second kappa shape index (κ2) is 6.69. The van der Waals surface area contributed by atoms with Gasteiger partial charge in [-0.15, -0.1) is 0 Å². The lowest BCUT2D eigenvalue weighted by Crippen LogP contribution is -2.33. The van der Waals surface area contributed by atoms with Gasteiger partial charge in [-0.25, -0.2) is 9.18 Å². The Bertz CT molecular complexity index is 684. The number of halogens is 1. The van der Waals surface area contributed by atoms with Crippen LogP contribution in [0.2, 0.25) is 0 Å². The van der Waals surface area contributed by atoms with Crippen LogP contribution in [-0.4, -0.2) is 13.1 Å². The van der Waals surface area contributed by atoms with Crippen LogP contribution in [0.15, 0.2) is 48.5 Å². The van der Waals surface area contributed by atoms with E-state index in [1.54, 1.807) is 19.2 Å². The molecule has 1 aliphatic carbocycles. The van der Waals surface area contributed by atoms with Crippen LogP contribution in [0, 0.1) is 11.7 Å². The van der Waals surface area contributed by atoms with Crippen molar-refractivity contribution >= 4 is 11.7 Å². The van der Waals surface area contributed by atoms with Crippen LogP contribution >= 0.6 is 0 Å². The van der Waals surface area contributed by atoms with E-state index >= 15 is 0 Å². The van der Waals surface area contributed by atoms with Crippen LogP contribution < -0.4 is 15.4 Å². The molecule has 1 saturated carbocycles. The van der Waals surface area contributed by atoms with E-state index in [2.05, 4.69) is 10.6 Å². The summed E-state index contributed by atoms with van der Waals surface area (Å²) in [6.45, 7) is 0. The van der Waals surface area contributed by atoms with Gasteiger partial charge < -0.3 is 15.4 Å². The molecular formula is C18H19FN2O2. The van der Waals surface area contributed by atoms with Crippen LogP contribution in [0.4, 0.5) is 14.9 Å². The third-order valence-electron chi connectivity index (χ3n) is 3.98. The molecule has 0 radical (unpaired) electrons. The number of ether oxygens (including phenoxy) is 1. The Morgan fingerprint density at radius 2 is 1.87 bits per heavy atom. The number of urea groups is 1. The monoisotopic (exact) mass is 314 g/mol. The smallest absolute Gasteiger partial charge is 0.319 e. The van der Waals surface area contributed by atoms with Crippen molar-refractivity contribution in [1.29, 1.82) is 0 Å². The van der Waals surface area contributed by atoms with E-state index in [4.69, 9.17) is 4.74 Å². The van der Waals surface area contributed by atoms with Gasteiger partial charge in [0.05, 0.1) is 18.8 Å². The molecule has 0 saturated heterocycles. The molecule has 1 fully saturated rings. The van der Waals surface area contributed by atoms with E-state index in [-0.39, 0.29) is 11.7 Å². The first-order valence-corrected chi connectivity index (χ1v) is 7.63. The predicted molar refractivity (Wildman–Crippen MR) is 87.0 cm³/mol. The molecule has 3 rings (SSSR count). The van der Waals surface area contributed by atoms with E-state index in [1.807, 2.05) is 24.3 Å². The zero-order valence-electron chi connectivity index (χ0n) is 12.9. The first-order valence-electron chi connectivity index (χ1n) is 7.63. The summed E-state index contributed by atoms with van der Waals surface area (Å²) in [4.78, 5) is 12.2. The molecule has 1 atom stereocenters. The fourth-order valence-electron chi connectivity index (χ4n) is 2.58. The van der Waals surface area contributed by atoms with Gasteiger partial charge >= 0.3 is 6.03 Å². The molecule has 1 aliphatic rings. The Kier molecular flexibility index (Phi) is 4.46. The van der Waals surface area contributed by atoms with Crippen LogP contribution in [-0.2, 0) is 0 Å². The third kappa shape index (κ3) is 3.80. The SMILES string of the molecule is COc1ccc(C(NC(=O)Nc2ccccc2F)C2CC2)cc1. The highest BCUT2D eigenvalue weighted by molar-refractivity contribution is 5.89. The largest absolute Gasteiger partial charge is 0.497 e. The minimum Gasteiger partial charge on any atom is -0.497 e. The van der Waals surface area contributed by atoms with Gasteiger partial charge in [0.25, 0.3) is 0 Å². The normalized spacial score (nSPS) is 14.9. The number of nitrogens with one attached hydrogen (secondary N) is 2. The summed E-state index contributed by atoms with van der Waals surface area (Å²) in [5.41, 5.74) is 1.20. The number of hydrogen-bond acceptors (Lipinski definition) is 2. The topological polar surface area (TPSA) is 50.4 Å². The summed E-state index contributed by atoms with van der Waals surface area (Å²) < 4.78 is 18.8. The summed E-state index contributed by atoms with van der Waals surface area (Å²) in [7, 11) is 1.62. The van der Waals surface area contributed by atoms with Crippen molar-refractivity contribution in [2.24, 2.45) is 5.92 Å². The minimum absolute atomic E-state index is 0.0762. The van der Waals surface area contributed by atoms with Crippen molar-refractivity contribution in [1.82, 2.24) is 5.32 Å². The molecule has 5 heteroatoms. The molecule has 2 aromatic rings. The Hall–Kier alpha value is -2.56. The molecule has 0 bridgehead atoms. The fourth-order valence-corrected chi connectivity index (χ4v) is 2.58. The first-order chi connectivity index (χ1) is 11.2. The van der Waals surface area contributed by atoms with Crippen LogP contribution in [0.25, 0.3) is 0 Å². The van der Waals surface area contributed by atoms with Gasteiger partial charge in [-0.1, -0.05) is 24.3 Å². The van der Waals surface area contributed by atoms with Gasteiger partial charge in [0.2, 0.25) is 0 Å². The number of hydrogen-bond donors (Lipinski definition) is 2. The van der Waals surface area contributed by atoms with Crippen molar-refractivity contribution in [3.63, 3.8) is 0 Å². The Morgan fingerprint density at radius 3 is 2.48 bits per heavy atom. The van der Waals surface area contributed by atoms with E-state index in [0.29, 0.717) is 5.92 Å². The summed E-state index contributed by atoms with van der Waals surface area (Å²) in [6.07, 6.45) is 2.16. The number of methoxy groups -OCH3 is 1. The molecule has 23 heavy (non-hydrogen) atoms. The lowest BCUT2D eigenvalue weighted by molar-refractivity contribution is 0.247. The molecule has 0 spiro atoms. The maximum Gasteiger partial charge on any atom is 0.319 e. The van der Waals surface area contributed by atoms with Crippen molar-refractivity contribution in [2.75, 3.05) is 12.4 Å². The zero-order valence-corrected chi connectivity index (χ0v) is 12.9. The summed E-state index contributed by atoms with van der Waals surface area (Å²) in [5, 5.41) is 5.52. The van der Waals surface area contributed by atoms with Crippen molar-refractivity contribution < 1.29 is 13.9 Å². The standard InChI is InChI=1S/C18H19FN2O2/c1-23-14-10-8-13(9-11-14)17(12-6-7-12)21-18(22)20-16-5-3-2-4-15(16)19/h2-5,8-12,17H,6-7H2,1H3,(H2,20,21,22).